The molecule has 1 atom stereocenters. The fourth-order valence-corrected chi connectivity index (χ4v) is 2.79. The first-order chi connectivity index (χ1) is 12.6. The number of hydrogen-bond donors (Lipinski definition) is 3. The quantitative estimate of drug-likeness (QED) is 0.459. The number of halogens is 1. The zero-order chi connectivity index (χ0) is 18.8. The van der Waals surface area contributed by atoms with E-state index in [2.05, 4.69) is 26.0 Å². The van der Waals surface area contributed by atoms with Gasteiger partial charge in [-0.3, -0.25) is 4.99 Å². The summed E-state index contributed by atoms with van der Waals surface area (Å²) < 4.78 is 18.3. The summed E-state index contributed by atoms with van der Waals surface area (Å²) in [7, 11) is 0. The lowest BCUT2D eigenvalue weighted by molar-refractivity contribution is 0.114. The smallest absolute Gasteiger partial charge is 0.191 e. The Morgan fingerprint density at radius 3 is 2.77 bits per heavy atom. The Labute approximate surface area is 157 Å². The molecule has 1 heterocycles. The Morgan fingerprint density at radius 2 is 2.12 bits per heavy atom. The van der Waals surface area contributed by atoms with Crippen LogP contribution in [0.3, 0.4) is 0 Å². The predicted molar refractivity (Wildman–Crippen MR) is 102 cm³/mol. The summed E-state index contributed by atoms with van der Waals surface area (Å²) in [6.07, 6.45) is 0.0574. The molecule has 8 heteroatoms. The lowest BCUT2D eigenvalue weighted by atomic mass is 10.3. The van der Waals surface area contributed by atoms with E-state index in [9.17, 15) is 9.50 Å². The van der Waals surface area contributed by atoms with E-state index in [0.717, 1.165) is 23.7 Å². The number of ether oxygens (including phenoxy) is 1. The highest BCUT2D eigenvalue weighted by Crippen LogP contribution is 2.11. The Bertz CT molecular complexity index is 691. The molecule has 0 bridgehead atoms. The molecule has 0 saturated heterocycles. The summed E-state index contributed by atoms with van der Waals surface area (Å²) in [6, 6.07) is 5.68. The number of aliphatic hydroxyl groups excluding tert-OH is 1. The summed E-state index contributed by atoms with van der Waals surface area (Å²) in [4.78, 5) is 8.79. The van der Waals surface area contributed by atoms with Gasteiger partial charge in [-0.05, 0) is 38.1 Å². The third-order valence-electron chi connectivity index (χ3n) is 3.40. The zero-order valence-electron chi connectivity index (χ0n) is 15.0. The van der Waals surface area contributed by atoms with E-state index in [1.807, 2.05) is 13.8 Å². The molecule has 0 radical (unpaired) electrons. The average Bonchev–Trinajstić information content (AvgIpc) is 3.04. The molecule has 2 aromatic rings. The molecule has 0 spiro atoms. The summed E-state index contributed by atoms with van der Waals surface area (Å²) in [5, 5.41) is 19.5. The monoisotopic (exact) mass is 380 g/mol. The summed E-state index contributed by atoms with van der Waals surface area (Å²) in [5.41, 5.74) is 1.06. The molecule has 0 aliphatic carbocycles. The van der Waals surface area contributed by atoms with Gasteiger partial charge >= 0.3 is 0 Å². The second-order valence-electron chi connectivity index (χ2n) is 5.67. The van der Waals surface area contributed by atoms with Gasteiger partial charge in [-0.25, -0.2) is 9.37 Å². The van der Waals surface area contributed by atoms with Gasteiger partial charge in [0.1, 0.15) is 24.3 Å². The van der Waals surface area contributed by atoms with Gasteiger partial charge in [0.25, 0.3) is 0 Å². The number of guanidine groups is 1. The summed E-state index contributed by atoms with van der Waals surface area (Å²) >= 11 is 1.64. The molecule has 1 aromatic heterocycles. The molecule has 26 heavy (non-hydrogen) atoms. The molecule has 0 aliphatic rings. The highest BCUT2D eigenvalue weighted by atomic mass is 32.1. The number of aliphatic hydroxyl groups is 1. The van der Waals surface area contributed by atoms with Gasteiger partial charge in [0, 0.05) is 24.9 Å². The Hall–Kier alpha value is -2.19. The highest BCUT2D eigenvalue weighted by Gasteiger charge is 2.06. The lowest BCUT2D eigenvalue weighted by Gasteiger charge is -2.13. The molecule has 1 unspecified atom stereocenters. The third-order valence-corrected chi connectivity index (χ3v) is 4.22. The van der Waals surface area contributed by atoms with E-state index in [0.29, 0.717) is 18.3 Å². The van der Waals surface area contributed by atoms with Crippen molar-refractivity contribution < 1.29 is 14.2 Å². The van der Waals surface area contributed by atoms with Crippen molar-refractivity contribution in [2.45, 2.75) is 26.4 Å². The highest BCUT2D eigenvalue weighted by molar-refractivity contribution is 7.09. The van der Waals surface area contributed by atoms with Crippen LogP contribution in [0, 0.1) is 12.7 Å². The third kappa shape index (κ3) is 7.37. The first-order valence-corrected chi connectivity index (χ1v) is 9.44. The number of benzene rings is 1. The molecule has 6 nitrogen and oxygen atoms in total. The van der Waals surface area contributed by atoms with Gasteiger partial charge in [-0.1, -0.05) is 0 Å². The van der Waals surface area contributed by atoms with Crippen molar-refractivity contribution in [3.05, 3.63) is 46.2 Å². The maximum Gasteiger partial charge on any atom is 0.191 e. The van der Waals surface area contributed by atoms with E-state index >= 15 is 0 Å². The molecule has 0 aliphatic heterocycles. The van der Waals surface area contributed by atoms with Crippen LogP contribution in [0.2, 0.25) is 0 Å². The minimum Gasteiger partial charge on any atom is -0.491 e. The van der Waals surface area contributed by atoms with Crippen molar-refractivity contribution in [3.63, 3.8) is 0 Å². The minimum atomic E-state index is -0.753. The number of thiazole rings is 1. The molecule has 0 fully saturated rings. The van der Waals surface area contributed by atoms with Crippen LogP contribution in [0.4, 0.5) is 4.39 Å². The molecule has 0 amide bonds. The molecule has 2 rings (SSSR count). The van der Waals surface area contributed by atoms with Crippen LogP contribution >= 0.6 is 11.3 Å². The summed E-state index contributed by atoms with van der Waals surface area (Å²) in [6.45, 7) is 5.69. The van der Waals surface area contributed by atoms with Crippen LogP contribution in [-0.4, -0.2) is 48.4 Å². The first-order valence-electron chi connectivity index (χ1n) is 8.56. The predicted octanol–water partition coefficient (Wildman–Crippen LogP) is 2.13. The van der Waals surface area contributed by atoms with Crippen LogP contribution in [0.5, 0.6) is 5.75 Å². The fraction of sp³-hybridized carbons (Fsp3) is 0.444. The van der Waals surface area contributed by atoms with Crippen molar-refractivity contribution >= 4 is 17.3 Å². The van der Waals surface area contributed by atoms with Crippen molar-refractivity contribution in [3.8, 4) is 5.75 Å². The maximum atomic E-state index is 12.8. The van der Waals surface area contributed by atoms with Crippen LogP contribution in [-0.2, 0) is 6.42 Å². The van der Waals surface area contributed by atoms with Crippen LogP contribution in [0.15, 0.2) is 34.6 Å². The SMILES string of the molecule is CCNC(=NCC(O)COc1ccc(F)cc1)NCCc1csc(C)n1. The molecule has 142 valence electrons. The molecule has 3 N–H and O–H groups in total. The number of aliphatic imine (C=N–C) groups is 1. The second kappa shape index (κ2) is 10.7. The van der Waals surface area contributed by atoms with Crippen molar-refractivity contribution in [2.24, 2.45) is 4.99 Å². The standard InChI is InChI=1S/C18H25FN4O2S/c1-3-20-18(21-9-8-15-12-26-13(2)23-15)22-10-16(24)11-25-17-6-4-14(19)5-7-17/h4-7,12,16,24H,3,8-11H2,1-2H3,(H2,20,21,22). The minimum absolute atomic E-state index is 0.0899. The Morgan fingerprint density at radius 1 is 1.35 bits per heavy atom. The molecule has 0 saturated carbocycles. The number of aryl methyl sites for hydroxylation is 1. The van der Waals surface area contributed by atoms with Gasteiger partial charge in [0.15, 0.2) is 5.96 Å². The van der Waals surface area contributed by atoms with Crippen LogP contribution < -0.4 is 15.4 Å². The van der Waals surface area contributed by atoms with Crippen molar-refractivity contribution in [1.82, 2.24) is 15.6 Å². The number of hydrogen-bond acceptors (Lipinski definition) is 5. The Balaban J connectivity index is 1.74. The second-order valence-corrected chi connectivity index (χ2v) is 6.74. The number of rotatable bonds is 9. The number of nitrogens with one attached hydrogen (secondary N) is 2. The average molecular weight is 380 g/mol. The lowest BCUT2D eigenvalue weighted by Crippen LogP contribution is -2.39. The van der Waals surface area contributed by atoms with E-state index in [1.54, 1.807) is 11.3 Å². The maximum absolute atomic E-state index is 12.8. The first kappa shape index (κ1) is 20.1. The van der Waals surface area contributed by atoms with E-state index in [4.69, 9.17) is 4.74 Å². The van der Waals surface area contributed by atoms with Crippen molar-refractivity contribution in [1.29, 1.82) is 0 Å². The number of nitrogens with zero attached hydrogens (tertiary/aromatic N) is 2. The van der Waals surface area contributed by atoms with E-state index < -0.39 is 6.10 Å². The van der Waals surface area contributed by atoms with Crippen molar-refractivity contribution in [2.75, 3.05) is 26.2 Å². The van der Waals surface area contributed by atoms with Gasteiger partial charge in [0.2, 0.25) is 0 Å². The van der Waals surface area contributed by atoms with Gasteiger partial charge in [-0.2, -0.15) is 0 Å². The van der Waals surface area contributed by atoms with Crippen LogP contribution in [0.1, 0.15) is 17.6 Å². The fourth-order valence-electron chi connectivity index (χ4n) is 2.15. The topological polar surface area (TPSA) is 78.8 Å². The van der Waals surface area contributed by atoms with E-state index in [-0.39, 0.29) is 19.0 Å². The van der Waals surface area contributed by atoms with Crippen LogP contribution in [0.25, 0.3) is 0 Å². The largest absolute Gasteiger partial charge is 0.491 e. The van der Waals surface area contributed by atoms with Gasteiger partial charge in [0.05, 0.1) is 17.2 Å². The summed E-state index contributed by atoms with van der Waals surface area (Å²) in [5.74, 6) is 0.829. The molecular formula is C18H25FN4O2S. The number of aromatic nitrogens is 1. The normalized spacial score (nSPS) is 12.7. The molecule has 1 aromatic carbocycles. The molecular weight excluding hydrogens is 355 g/mol. The van der Waals surface area contributed by atoms with Gasteiger partial charge in [-0.15, -0.1) is 11.3 Å². The van der Waals surface area contributed by atoms with Gasteiger partial charge < -0.3 is 20.5 Å². The zero-order valence-corrected chi connectivity index (χ0v) is 15.9. The Kier molecular flexibility index (Phi) is 8.30. The van der Waals surface area contributed by atoms with E-state index in [1.165, 1.54) is 24.3 Å².